The first-order valence-electron chi connectivity index (χ1n) is 9.11. The van der Waals surface area contributed by atoms with Crippen LogP contribution in [0.2, 0.25) is 0 Å². The summed E-state index contributed by atoms with van der Waals surface area (Å²) >= 11 is 1.41. The molecule has 4 rings (SSSR count). The van der Waals surface area contributed by atoms with Crippen molar-refractivity contribution >= 4 is 33.5 Å². The molecule has 0 aliphatic heterocycles. The second-order valence-corrected chi connectivity index (χ2v) is 7.19. The topological polar surface area (TPSA) is 80.1 Å². The summed E-state index contributed by atoms with van der Waals surface area (Å²) < 4.78 is 10.6. The Morgan fingerprint density at radius 3 is 2.77 bits per heavy atom. The number of thiazole rings is 1. The Balaban J connectivity index is 1.58. The summed E-state index contributed by atoms with van der Waals surface area (Å²) in [6.07, 6.45) is 3.44. The molecule has 2 heterocycles. The number of anilines is 1. The van der Waals surface area contributed by atoms with Gasteiger partial charge in [-0.2, -0.15) is 5.26 Å². The highest BCUT2D eigenvalue weighted by Crippen LogP contribution is 2.33. The van der Waals surface area contributed by atoms with Gasteiger partial charge in [-0.25, -0.2) is 4.98 Å². The number of ether oxygens (including phenoxy) is 2. The van der Waals surface area contributed by atoms with Crippen LogP contribution in [-0.4, -0.2) is 24.2 Å². The third-order valence-corrected chi connectivity index (χ3v) is 5.40. The SMILES string of the molecule is COc1ccc(-c2csc(C(C#N)=CNc3ccc4ncccc4c3)n2)cc1OC. The molecule has 4 aromatic rings. The smallest absolute Gasteiger partial charge is 0.161 e. The first kappa shape index (κ1) is 19.4. The first-order valence-corrected chi connectivity index (χ1v) is 9.99. The van der Waals surface area contributed by atoms with Gasteiger partial charge in [0.1, 0.15) is 16.6 Å². The fourth-order valence-electron chi connectivity index (χ4n) is 2.99. The molecular formula is C23H18N4O2S. The Morgan fingerprint density at radius 2 is 1.97 bits per heavy atom. The highest BCUT2D eigenvalue weighted by molar-refractivity contribution is 7.11. The van der Waals surface area contributed by atoms with Crippen molar-refractivity contribution in [3.05, 3.63) is 71.3 Å². The summed E-state index contributed by atoms with van der Waals surface area (Å²) in [6, 6.07) is 17.6. The Kier molecular flexibility index (Phi) is 5.59. The molecule has 0 unspecified atom stereocenters. The monoisotopic (exact) mass is 414 g/mol. The molecule has 0 radical (unpaired) electrons. The van der Waals surface area contributed by atoms with Crippen molar-refractivity contribution in [3.63, 3.8) is 0 Å². The zero-order valence-corrected chi connectivity index (χ0v) is 17.2. The molecular weight excluding hydrogens is 396 g/mol. The number of fused-ring (bicyclic) bond motifs is 1. The summed E-state index contributed by atoms with van der Waals surface area (Å²) in [4.78, 5) is 8.94. The molecule has 0 aliphatic rings. The summed E-state index contributed by atoms with van der Waals surface area (Å²) in [5.74, 6) is 1.29. The number of hydrogen-bond donors (Lipinski definition) is 1. The zero-order valence-electron chi connectivity index (χ0n) is 16.4. The molecule has 0 bridgehead atoms. The molecule has 148 valence electrons. The van der Waals surface area contributed by atoms with Gasteiger partial charge in [0.25, 0.3) is 0 Å². The van der Waals surface area contributed by atoms with Crippen molar-refractivity contribution in [1.29, 1.82) is 5.26 Å². The Morgan fingerprint density at radius 1 is 1.10 bits per heavy atom. The van der Waals surface area contributed by atoms with E-state index in [4.69, 9.17) is 9.47 Å². The van der Waals surface area contributed by atoms with Gasteiger partial charge in [0.2, 0.25) is 0 Å². The number of rotatable bonds is 6. The van der Waals surface area contributed by atoms with E-state index in [1.54, 1.807) is 26.6 Å². The van der Waals surface area contributed by atoms with Gasteiger partial charge in [-0.1, -0.05) is 6.07 Å². The molecule has 2 aromatic heterocycles. The van der Waals surface area contributed by atoms with Crippen LogP contribution in [-0.2, 0) is 0 Å². The van der Waals surface area contributed by atoms with E-state index in [1.807, 2.05) is 53.9 Å². The lowest BCUT2D eigenvalue weighted by Gasteiger charge is -2.08. The van der Waals surface area contributed by atoms with Crippen LogP contribution in [0.25, 0.3) is 27.7 Å². The third-order valence-electron chi connectivity index (χ3n) is 4.52. The highest BCUT2D eigenvalue weighted by Gasteiger charge is 2.12. The number of nitriles is 1. The predicted molar refractivity (Wildman–Crippen MR) is 120 cm³/mol. The molecule has 7 heteroatoms. The Labute approximate surface area is 178 Å². The number of allylic oxidation sites excluding steroid dienone is 1. The molecule has 0 aliphatic carbocycles. The van der Waals surface area contributed by atoms with Crippen molar-refractivity contribution in [1.82, 2.24) is 9.97 Å². The van der Waals surface area contributed by atoms with E-state index >= 15 is 0 Å². The van der Waals surface area contributed by atoms with Crippen molar-refractivity contribution < 1.29 is 9.47 Å². The minimum atomic E-state index is 0.456. The first-order chi connectivity index (χ1) is 14.7. The molecule has 0 atom stereocenters. The Bertz CT molecular complexity index is 1270. The van der Waals surface area contributed by atoms with Crippen molar-refractivity contribution in [2.24, 2.45) is 0 Å². The van der Waals surface area contributed by atoms with Crippen molar-refractivity contribution in [3.8, 4) is 28.8 Å². The van der Waals surface area contributed by atoms with Crippen LogP contribution in [0, 0.1) is 11.3 Å². The van der Waals surface area contributed by atoms with Gasteiger partial charge < -0.3 is 14.8 Å². The van der Waals surface area contributed by atoms with E-state index in [9.17, 15) is 5.26 Å². The maximum atomic E-state index is 9.62. The number of methoxy groups -OCH3 is 2. The average molecular weight is 414 g/mol. The van der Waals surface area contributed by atoms with Crippen LogP contribution in [0.4, 0.5) is 5.69 Å². The second-order valence-electron chi connectivity index (χ2n) is 6.33. The van der Waals surface area contributed by atoms with Crippen LogP contribution < -0.4 is 14.8 Å². The van der Waals surface area contributed by atoms with E-state index < -0.39 is 0 Å². The molecule has 0 fully saturated rings. The normalized spacial score (nSPS) is 11.2. The van der Waals surface area contributed by atoms with Crippen LogP contribution >= 0.6 is 11.3 Å². The number of hydrogen-bond acceptors (Lipinski definition) is 7. The maximum absolute atomic E-state index is 9.62. The van der Waals surface area contributed by atoms with Crippen LogP contribution in [0.3, 0.4) is 0 Å². The van der Waals surface area contributed by atoms with E-state index in [0.29, 0.717) is 22.1 Å². The summed E-state index contributed by atoms with van der Waals surface area (Å²) in [7, 11) is 3.20. The molecule has 6 nitrogen and oxygen atoms in total. The number of benzene rings is 2. The van der Waals surface area contributed by atoms with Crippen LogP contribution in [0.1, 0.15) is 5.01 Å². The maximum Gasteiger partial charge on any atom is 0.161 e. The molecule has 0 saturated heterocycles. The minimum absolute atomic E-state index is 0.456. The molecule has 0 spiro atoms. The lowest BCUT2D eigenvalue weighted by atomic mass is 10.1. The fourth-order valence-corrected chi connectivity index (χ4v) is 3.78. The van der Waals surface area contributed by atoms with Crippen molar-refractivity contribution in [2.75, 3.05) is 19.5 Å². The summed E-state index contributed by atoms with van der Waals surface area (Å²) in [6.45, 7) is 0. The third kappa shape index (κ3) is 3.95. The van der Waals surface area contributed by atoms with Gasteiger partial charge in [-0.3, -0.25) is 4.98 Å². The predicted octanol–water partition coefficient (Wildman–Crippen LogP) is 5.35. The summed E-state index contributed by atoms with van der Waals surface area (Å²) in [5.41, 5.74) is 3.92. The average Bonchev–Trinajstić information content (AvgIpc) is 3.29. The van der Waals surface area contributed by atoms with Gasteiger partial charge in [0, 0.05) is 34.4 Å². The number of nitrogens with one attached hydrogen (secondary N) is 1. The zero-order chi connectivity index (χ0) is 20.9. The standard InChI is InChI=1S/C23H18N4O2S/c1-28-21-8-5-16(11-22(21)29-2)20-14-30-23(27-20)17(12-24)13-26-18-6-7-19-15(10-18)4-3-9-25-19/h3-11,13-14,26H,1-2H3. The summed E-state index contributed by atoms with van der Waals surface area (Å²) in [5, 5.41) is 16.4. The number of aromatic nitrogens is 2. The molecule has 0 amide bonds. The van der Waals surface area contributed by atoms with E-state index in [1.165, 1.54) is 11.3 Å². The van der Waals surface area contributed by atoms with E-state index in [0.717, 1.165) is 27.8 Å². The fraction of sp³-hybridized carbons (Fsp3) is 0.0870. The van der Waals surface area contributed by atoms with Gasteiger partial charge in [-0.05, 0) is 42.5 Å². The lowest BCUT2D eigenvalue weighted by Crippen LogP contribution is -1.92. The largest absolute Gasteiger partial charge is 0.493 e. The Hall–Kier alpha value is -3.89. The highest BCUT2D eigenvalue weighted by atomic mass is 32.1. The van der Waals surface area contributed by atoms with E-state index in [-0.39, 0.29) is 0 Å². The van der Waals surface area contributed by atoms with E-state index in [2.05, 4.69) is 21.4 Å². The molecule has 1 N–H and O–H groups in total. The molecule has 2 aromatic carbocycles. The van der Waals surface area contributed by atoms with Gasteiger partial charge >= 0.3 is 0 Å². The second kappa shape index (κ2) is 8.64. The quantitative estimate of drug-likeness (QED) is 0.428. The van der Waals surface area contributed by atoms with Crippen LogP contribution in [0.5, 0.6) is 11.5 Å². The van der Waals surface area contributed by atoms with Crippen molar-refractivity contribution in [2.45, 2.75) is 0 Å². The van der Waals surface area contributed by atoms with Crippen LogP contribution in [0.15, 0.2) is 66.3 Å². The molecule has 0 saturated carbocycles. The number of pyridine rings is 1. The lowest BCUT2D eigenvalue weighted by molar-refractivity contribution is 0.355. The van der Waals surface area contributed by atoms with Gasteiger partial charge in [-0.15, -0.1) is 11.3 Å². The van der Waals surface area contributed by atoms with Gasteiger partial charge in [0.15, 0.2) is 11.5 Å². The molecule has 30 heavy (non-hydrogen) atoms. The van der Waals surface area contributed by atoms with Gasteiger partial charge in [0.05, 0.1) is 25.4 Å². The minimum Gasteiger partial charge on any atom is -0.493 e. The number of nitrogens with zero attached hydrogens (tertiary/aromatic N) is 3.